The molecule has 1 aliphatic carbocycles. The average Bonchev–Trinajstić information content (AvgIpc) is 3.35. The van der Waals surface area contributed by atoms with E-state index in [2.05, 4.69) is 20.5 Å². The number of H-pyrrole nitrogens is 1. The zero-order valence-corrected chi connectivity index (χ0v) is 14.5. The summed E-state index contributed by atoms with van der Waals surface area (Å²) in [6, 6.07) is 7.70. The smallest absolute Gasteiger partial charge is 0.220 e. The van der Waals surface area contributed by atoms with Crippen molar-refractivity contribution in [3.05, 3.63) is 48.7 Å². The lowest BCUT2D eigenvalue weighted by atomic mass is 10.1. The predicted octanol–water partition coefficient (Wildman–Crippen LogP) is 1.65. The maximum absolute atomic E-state index is 12.3. The second-order valence-corrected chi connectivity index (χ2v) is 7.06. The number of aliphatic hydroxyl groups is 1. The molecule has 3 N–H and O–H groups in total. The minimum atomic E-state index is -0.486. The van der Waals surface area contributed by atoms with Gasteiger partial charge in [0.25, 0.3) is 0 Å². The molecule has 0 bridgehead atoms. The molecule has 1 unspecified atom stereocenters. The lowest BCUT2D eigenvalue weighted by Gasteiger charge is -2.16. The first-order chi connectivity index (χ1) is 12.7. The summed E-state index contributed by atoms with van der Waals surface area (Å²) in [4.78, 5) is 16.4. The number of imidazole rings is 1. The lowest BCUT2D eigenvalue weighted by molar-refractivity contribution is -0.122. The van der Waals surface area contributed by atoms with Gasteiger partial charge >= 0.3 is 0 Å². The molecule has 0 aliphatic heterocycles. The zero-order valence-electron chi connectivity index (χ0n) is 14.5. The van der Waals surface area contributed by atoms with E-state index in [0.29, 0.717) is 25.2 Å². The van der Waals surface area contributed by atoms with Crippen LogP contribution in [0.5, 0.6) is 0 Å². The molecule has 3 atom stereocenters. The van der Waals surface area contributed by atoms with Gasteiger partial charge in [0.15, 0.2) is 0 Å². The Balaban J connectivity index is 1.29. The molecule has 2 aromatic heterocycles. The molecule has 2 heterocycles. The maximum atomic E-state index is 12.3. The molecule has 1 aliphatic rings. The van der Waals surface area contributed by atoms with Gasteiger partial charge in [0.1, 0.15) is 0 Å². The van der Waals surface area contributed by atoms with Gasteiger partial charge in [-0.2, -0.15) is 5.10 Å². The van der Waals surface area contributed by atoms with Crippen LogP contribution in [-0.2, 0) is 17.8 Å². The van der Waals surface area contributed by atoms with Crippen molar-refractivity contribution in [2.75, 3.05) is 0 Å². The molecule has 0 saturated heterocycles. The molecule has 1 aromatic carbocycles. The molecular weight excluding hydrogens is 330 g/mol. The van der Waals surface area contributed by atoms with Crippen molar-refractivity contribution in [1.29, 1.82) is 0 Å². The van der Waals surface area contributed by atoms with Crippen LogP contribution in [0.3, 0.4) is 0 Å². The molecule has 3 aromatic rings. The largest absolute Gasteiger partial charge is 0.391 e. The summed E-state index contributed by atoms with van der Waals surface area (Å²) < 4.78 is 2.02. The third kappa shape index (κ3) is 3.62. The maximum Gasteiger partial charge on any atom is 0.220 e. The third-order valence-corrected chi connectivity index (χ3v) is 5.14. The Labute approximate surface area is 151 Å². The van der Waals surface area contributed by atoms with E-state index in [9.17, 15) is 9.90 Å². The average molecular weight is 353 g/mol. The molecule has 136 valence electrons. The van der Waals surface area contributed by atoms with Gasteiger partial charge in [-0.1, -0.05) is 18.2 Å². The third-order valence-electron chi connectivity index (χ3n) is 5.14. The highest BCUT2D eigenvalue weighted by atomic mass is 16.3. The summed E-state index contributed by atoms with van der Waals surface area (Å²) in [5, 5.41) is 21.6. The number of nitrogens with zero attached hydrogens (tertiary/aromatic N) is 3. The summed E-state index contributed by atoms with van der Waals surface area (Å²) in [6.45, 7) is 0.823. The van der Waals surface area contributed by atoms with Crippen LogP contribution in [0.1, 0.15) is 25.0 Å². The normalized spacial score (nSPS) is 22.7. The van der Waals surface area contributed by atoms with Crippen LogP contribution in [0.2, 0.25) is 0 Å². The minimum absolute atomic E-state index is 0.0315. The molecule has 1 fully saturated rings. The standard InChI is InChI=1S/C19H23N5O2/c25-18-10-13(11-24-8-7-20-12-24)9-17(18)21-19(26)6-5-16-14-3-1-2-4-15(14)22-23-16/h1-4,7-8,12-13,17-18,25H,5-6,9-11H2,(H,21,26)(H,22,23)/t13?,17-,18-/m1/s1. The zero-order chi connectivity index (χ0) is 17.9. The number of aryl methyl sites for hydroxylation is 1. The van der Waals surface area contributed by atoms with Gasteiger partial charge in [0, 0.05) is 36.4 Å². The molecule has 0 radical (unpaired) electrons. The van der Waals surface area contributed by atoms with Crippen molar-refractivity contribution in [1.82, 2.24) is 25.1 Å². The number of amides is 1. The predicted molar refractivity (Wildman–Crippen MR) is 97.3 cm³/mol. The van der Waals surface area contributed by atoms with Crippen LogP contribution in [0.25, 0.3) is 10.9 Å². The summed E-state index contributed by atoms with van der Waals surface area (Å²) in [5.41, 5.74) is 1.89. The van der Waals surface area contributed by atoms with Crippen LogP contribution < -0.4 is 5.32 Å². The molecule has 7 heteroatoms. The number of nitrogens with one attached hydrogen (secondary N) is 2. The van der Waals surface area contributed by atoms with Gasteiger partial charge in [0.2, 0.25) is 5.91 Å². The summed E-state index contributed by atoms with van der Waals surface area (Å²) >= 11 is 0. The fraction of sp³-hybridized carbons (Fsp3) is 0.421. The molecule has 1 saturated carbocycles. The number of benzene rings is 1. The van der Waals surface area contributed by atoms with Gasteiger partial charge in [-0.25, -0.2) is 4.98 Å². The topological polar surface area (TPSA) is 95.8 Å². The minimum Gasteiger partial charge on any atom is -0.391 e. The van der Waals surface area contributed by atoms with Gasteiger partial charge in [-0.3, -0.25) is 9.89 Å². The molecule has 0 spiro atoms. The van der Waals surface area contributed by atoms with E-state index in [-0.39, 0.29) is 11.9 Å². The summed E-state index contributed by atoms with van der Waals surface area (Å²) in [5.74, 6) is 0.317. The Bertz CT molecular complexity index is 873. The Kier molecular flexibility index (Phi) is 4.71. The van der Waals surface area contributed by atoms with Crippen molar-refractivity contribution in [2.24, 2.45) is 5.92 Å². The van der Waals surface area contributed by atoms with Gasteiger partial charge in [0.05, 0.1) is 24.0 Å². The number of fused-ring (bicyclic) bond motifs is 1. The molecule has 7 nitrogen and oxygen atoms in total. The van der Waals surface area contributed by atoms with Gasteiger partial charge in [-0.15, -0.1) is 0 Å². The molecule has 26 heavy (non-hydrogen) atoms. The van der Waals surface area contributed by atoms with Gasteiger partial charge in [-0.05, 0) is 31.2 Å². The second kappa shape index (κ2) is 7.29. The van der Waals surface area contributed by atoms with Crippen molar-refractivity contribution in [3.63, 3.8) is 0 Å². The lowest BCUT2D eigenvalue weighted by Crippen LogP contribution is -2.40. The van der Waals surface area contributed by atoms with Crippen molar-refractivity contribution in [2.45, 2.75) is 44.4 Å². The SMILES string of the molecule is O=C(CCc1[nH]nc2ccccc12)N[C@@H]1CC(Cn2ccnc2)C[C@H]1O. The fourth-order valence-corrected chi connectivity index (χ4v) is 3.84. The van der Waals surface area contributed by atoms with E-state index in [1.54, 1.807) is 12.5 Å². The van der Waals surface area contributed by atoms with Crippen molar-refractivity contribution >= 4 is 16.8 Å². The number of hydrogen-bond donors (Lipinski definition) is 3. The van der Waals surface area contributed by atoms with E-state index in [4.69, 9.17) is 0 Å². The summed E-state index contributed by atoms with van der Waals surface area (Å²) in [6.07, 6.45) is 7.45. The van der Waals surface area contributed by atoms with E-state index < -0.39 is 6.10 Å². The highest BCUT2D eigenvalue weighted by Gasteiger charge is 2.33. The molecule has 4 rings (SSSR count). The monoisotopic (exact) mass is 353 g/mol. The number of rotatable bonds is 6. The van der Waals surface area contributed by atoms with Crippen LogP contribution in [-0.4, -0.2) is 42.9 Å². The fourth-order valence-electron chi connectivity index (χ4n) is 3.84. The Morgan fingerprint density at radius 1 is 1.35 bits per heavy atom. The first-order valence-electron chi connectivity index (χ1n) is 9.04. The van der Waals surface area contributed by atoms with Crippen molar-refractivity contribution in [3.8, 4) is 0 Å². The van der Waals surface area contributed by atoms with Crippen LogP contribution >= 0.6 is 0 Å². The first-order valence-corrected chi connectivity index (χ1v) is 9.04. The molecule has 1 amide bonds. The molecular formula is C19H23N5O2. The second-order valence-electron chi connectivity index (χ2n) is 7.06. The number of hydrogen-bond acceptors (Lipinski definition) is 4. The number of carbonyl (C=O) groups excluding carboxylic acids is 1. The Hall–Kier alpha value is -2.67. The Morgan fingerprint density at radius 2 is 2.23 bits per heavy atom. The van der Waals surface area contributed by atoms with E-state index in [0.717, 1.165) is 29.6 Å². The number of aromatic amines is 1. The van der Waals surface area contributed by atoms with E-state index in [1.807, 2.05) is 35.0 Å². The highest BCUT2D eigenvalue weighted by Crippen LogP contribution is 2.27. The van der Waals surface area contributed by atoms with E-state index in [1.165, 1.54) is 0 Å². The Morgan fingerprint density at radius 3 is 3.08 bits per heavy atom. The van der Waals surface area contributed by atoms with Crippen LogP contribution in [0, 0.1) is 5.92 Å². The van der Waals surface area contributed by atoms with Crippen molar-refractivity contribution < 1.29 is 9.90 Å². The van der Waals surface area contributed by atoms with Gasteiger partial charge < -0.3 is 15.0 Å². The van der Waals surface area contributed by atoms with Crippen LogP contribution in [0.4, 0.5) is 0 Å². The number of carbonyl (C=O) groups is 1. The number of para-hydroxylation sites is 1. The quantitative estimate of drug-likeness (QED) is 0.628. The summed E-state index contributed by atoms with van der Waals surface area (Å²) in [7, 11) is 0. The first kappa shape index (κ1) is 16.8. The number of aromatic nitrogens is 4. The van der Waals surface area contributed by atoms with E-state index >= 15 is 0 Å². The highest BCUT2D eigenvalue weighted by molar-refractivity contribution is 5.82. The van der Waals surface area contributed by atoms with Crippen LogP contribution in [0.15, 0.2) is 43.0 Å². The number of aliphatic hydroxyl groups excluding tert-OH is 1.